The maximum atomic E-state index is 13.8. The molecule has 0 amide bonds. The monoisotopic (exact) mass is 263 g/mol. The Morgan fingerprint density at radius 1 is 1.11 bits per heavy atom. The largest absolute Gasteiger partial charge is 0.367 e. The molecule has 2 aliphatic rings. The van der Waals surface area contributed by atoms with Crippen molar-refractivity contribution in [3.05, 3.63) is 30.1 Å². The van der Waals surface area contributed by atoms with Gasteiger partial charge >= 0.3 is 0 Å². The van der Waals surface area contributed by atoms with Crippen LogP contribution >= 0.6 is 0 Å². The number of hydrogen-bond donors (Lipinski definition) is 1. The Labute approximate surface area is 114 Å². The molecule has 104 valence electrons. The standard InChI is InChI=1S/C15H22FN3/c1-12-10-17-11-15(12)19-8-6-18(7-9-19)14-5-3-2-4-13(14)16/h2-5,12,15,17H,6-11H2,1H3. The zero-order valence-corrected chi connectivity index (χ0v) is 11.5. The van der Waals surface area contributed by atoms with Gasteiger partial charge in [0.1, 0.15) is 5.82 Å². The fourth-order valence-corrected chi connectivity index (χ4v) is 3.29. The molecule has 0 bridgehead atoms. The van der Waals surface area contributed by atoms with Crippen molar-refractivity contribution >= 4 is 5.69 Å². The zero-order valence-electron chi connectivity index (χ0n) is 11.5. The molecular formula is C15H22FN3. The Balaban J connectivity index is 1.62. The lowest BCUT2D eigenvalue weighted by Crippen LogP contribution is -2.52. The number of nitrogens with one attached hydrogen (secondary N) is 1. The van der Waals surface area contributed by atoms with Gasteiger partial charge in [-0.05, 0) is 24.6 Å². The molecule has 4 heteroatoms. The molecule has 0 aliphatic carbocycles. The minimum atomic E-state index is -0.105. The number of rotatable bonds is 2. The maximum absolute atomic E-state index is 13.8. The molecule has 0 radical (unpaired) electrons. The second-order valence-electron chi connectivity index (χ2n) is 5.68. The third-order valence-corrected chi connectivity index (χ3v) is 4.45. The normalized spacial score (nSPS) is 28.8. The number of nitrogens with zero attached hydrogens (tertiary/aromatic N) is 2. The Hall–Kier alpha value is -1.13. The van der Waals surface area contributed by atoms with Crippen LogP contribution < -0.4 is 10.2 Å². The van der Waals surface area contributed by atoms with E-state index in [1.807, 2.05) is 12.1 Å². The summed E-state index contributed by atoms with van der Waals surface area (Å²) in [5.41, 5.74) is 0.750. The minimum absolute atomic E-state index is 0.105. The highest BCUT2D eigenvalue weighted by Gasteiger charge is 2.31. The molecule has 1 aromatic carbocycles. The summed E-state index contributed by atoms with van der Waals surface area (Å²) in [6.45, 7) is 8.44. The van der Waals surface area contributed by atoms with Gasteiger partial charge in [-0.2, -0.15) is 0 Å². The quantitative estimate of drug-likeness (QED) is 0.873. The lowest BCUT2D eigenvalue weighted by atomic mass is 10.0. The number of para-hydroxylation sites is 1. The van der Waals surface area contributed by atoms with Gasteiger partial charge in [-0.3, -0.25) is 4.90 Å². The van der Waals surface area contributed by atoms with Gasteiger partial charge in [-0.25, -0.2) is 4.39 Å². The summed E-state index contributed by atoms with van der Waals surface area (Å²) in [7, 11) is 0. The lowest BCUT2D eigenvalue weighted by Gasteiger charge is -2.40. The molecule has 1 aromatic rings. The van der Waals surface area contributed by atoms with E-state index in [1.165, 1.54) is 0 Å². The molecule has 0 aromatic heterocycles. The summed E-state index contributed by atoms with van der Waals surface area (Å²) in [6, 6.07) is 7.74. The van der Waals surface area contributed by atoms with Crippen molar-refractivity contribution in [2.24, 2.45) is 5.92 Å². The number of anilines is 1. The van der Waals surface area contributed by atoms with E-state index < -0.39 is 0 Å². The summed E-state index contributed by atoms with van der Waals surface area (Å²) in [4.78, 5) is 4.72. The summed E-state index contributed by atoms with van der Waals surface area (Å²) in [5.74, 6) is 0.617. The topological polar surface area (TPSA) is 18.5 Å². The van der Waals surface area contributed by atoms with Crippen LogP contribution in [0, 0.1) is 11.7 Å². The van der Waals surface area contributed by atoms with Crippen LogP contribution in [0.3, 0.4) is 0 Å². The van der Waals surface area contributed by atoms with Crippen LogP contribution in [0.15, 0.2) is 24.3 Å². The highest BCUT2D eigenvalue weighted by molar-refractivity contribution is 5.48. The summed E-state index contributed by atoms with van der Waals surface area (Å²) in [6.07, 6.45) is 0. The highest BCUT2D eigenvalue weighted by Crippen LogP contribution is 2.22. The molecule has 3 nitrogen and oxygen atoms in total. The fourth-order valence-electron chi connectivity index (χ4n) is 3.29. The second-order valence-corrected chi connectivity index (χ2v) is 5.68. The predicted molar refractivity (Wildman–Crippen MR) is 76.0 cm³/mol. The molecule has 0 spiro atoms. The number of halogens is 1. The Morgan fingerprint density at radius 3 is 2.47 bits per heavy atom. The third kappa shape index (κ3) is 2.60. The first-order valence-corrected chi connectivity index (χ1v) is 7.20. The van der Waals surface area contributed by atoms with Gasteiger partial charge in [0.25, 0.3) is 0 Å². The maximum Gasteiger partial charge on any atom is 0.146 e. The minimum Gasteiger partial charge on any atom is -0.367 e. The van der Waals surface area contributed by atoms with Crippen LogP contribution in [0.4, 0.5) is 10.1 Å². The van der Waals surface area contributed by atoms with Crippen molar-refractivity contribution in [3.8, 4) is 0 Å². The second kappa shape index (κ2) is 5.47. The van der Waals surface area contributed by atoms with Crippen LogP contribution in [-0.4, -0.2) is 50.2 Å². The van der Waals surface area contributed by atoms with Gasteiger partial charge in [0, 0.05) is 38.8 Å². The summed E-state index contributed by atoms with van der Waals surface area (Å²) in [5, 5.41) is 3.46. The van der Waals surface area contributed by atoms with Crippen LogP contribution in [0.2, 0.25) is 0 Å². The molecular weight excluding hydrogens is 241 g/mol. The first-order chi connectivity index (χ1) is 9.25. The lowest BCUT2D eigenvalue weighted by molar-refractivity contribution is 0.168. The van der Waals surface area contributed by atoms with E-state index in [0.29, 0.717) is 6.04 Å². The molecule has 3 rings (SSSR count). The number of hydrogen-bond acceptors (Lipinski definition) is 3. The van der Waals surface area contributed by atoms with Crippen LogP contribution in [0.5, 0.6) is 0 Å². The van der Waals surface area contributed by atoms with Crippen LogP contribution in [-0.2, 0) is 0 Å². The Bertz CT molecular complexity index is 429. The highest BCUT2D eigenvalue weighted by atomic mass is 19.1. The summed E-state index contributed by atoms with van der Waals surface area (Å²) < 4.78 is 13.8. The van der Waals surface area contributed by atoms with E-state index in [2.05, 4.69) is 22.0 Å². The van der Waals surface area contributed by atoms with Gasteiger partial charge < -0.3 is 10.2 Å². The van der Waals surface area contributed by atoms with E-state index in [1.54, 1.807) is 12.1 Å². The van der Waals surface area contributed by atoms with E-state index in [-0.39, 0.29) is 5.82 Å². The van der Waals surface area contributed by atoms with Gasteiger partial charge in [0.05, 0.1) is 5.69 Å². The average molecular weight is 263 g/mol. The third-order valence-electron chi connectivity index (χ3n) is 4.45. The Kier molecular flexibility index (Phi) is 3.71. The molecule has 2 fully saturated rings. The zero-order chi connectivity index (χ0) is 13.2. The van der Waals surface area contributed by atoms with Gasteiger partial charge in [-0.15, -0.1) is 0 Å². The van der Waals surface area contributed by atoms with Crippen LogP contribution in [0.1, 0.15) is 6.92 Å². The first-order valence-electron chi connectivity index (χ1n) is 7.20. The fraction of sp³-hybridized carbons (Fsp3) is 0.600. The smallest absolute Gasteiger partial charge is 0.146 e. The molecule has 2 heterocycles. The van der Waals surface area contributed by atoms with Crippen LogP contribution in [0.25, 0.3) is 0 Å². The van der Waals surface area contributed by atoms with E-state index in [0.717, 1.165) is 50.9 Å². The molecule has 2 unspecified atom stereocenters. The van der Waals surface area contributed by atoms with Crippen molar-refractivity contribution in [2.75, 3.05) is 44.2 Å². The van der Waals surface area contributed by atoms with Crippen molar-refractivity contribution in [1.29, 1.82) is 0 Å². The van der Waals surface area contributed by atoms with Gasteiger partial charge in [0.2, 0.25) is 0 Å². The average Bonchev–Trinajstić information content (AvgIpc) is 2.86. The number of benzene rings is 1. The number of piperazine rings is 1. The first kappa shape index (κ1) is 12.9. The molecule has 0 saturated carbocycles. The molecule has 2 atom stereocenters. The summed E-state index contributed by atoms with van der Waals surface area (Å²) >= 11 is 0. The SMILES string of the molecule is CC1CNCC1N1CCN(c2ccccc2F)CC1. The van der Waals surface area contributed by atoms with Gasteiger partial charge in [-0.1, -0.05) is 19.1 Å². The molecule has 2 saturated heterocycles. The van der Waals surface area contributed by atoms with E-state index in [9.17, 15) is 4.39 Å². The Morgan fingerprint density at radius 2 is 1.84 bits per heavy atom. The molecule has 2 aliphatic heterocycles. The predicted octanol–water partition coefficient (Wildman–Crippen LogP) is 1.56. The van der Waals surface area contributed by atoms with Crippen molar-refractivity contribution in [2.45, 2.75) is 13.0 Å². The van der Waals surface area contributed by atoms with E-state index >= 15 is 0 Å². The molecule has 1 N–H and O–H groups in total. The van der Waals surface area contributed by atoms with E-state index in [4.69, 9.17) is 0 Å². The van der Waals surface area contributed by atoms with Crippen molar-refractivity contribution in [1.82, 2.24) is 10.2 Å². The van der Waals surface area contributed by atoms with Gasteiger partial charge in [0.15, 0.2) is 0 Å². The molecule has 19 heavy (non-hydrogen) atoms. The van der Waals surface area contributed by atoms with Crippen molar-refractivity contribution in [3.63, 3.8) is 0 Å². The van der Waals surface area contributed by atoms with Crippen molar-refractivity contribution < 1.29 is 4.39 Å².